The molecule has 0 unspecified atom stereocenters. The van der Waals surface area contributed by atoms with E-state index in [-0.39, 0.29) is 17.4 Å². The number of benzene rings is 2. The fourth-order valence-corrected chi connectivity index (χ4v) is 4.73. The molecule has 164 valence electrons. The normalized spacial score (nSPS) is 33.3. The van der Waals surface area contributed by atoms with E-state index in [4.69, 9.17) is 40.6 Å². The summed E-state index contributed by atoms with van der Waals surface area (Å²) in [4.78, 5) is 0. The van der Waals surface area contributed by atoms with Crippen molar-refractivity contribution < 1.29 is 28.4 Å². The summed E-state index contributed by atoms with van der Waals surface area (Å²) in [5.41, 5.74) is 2.13. The van der Waals surface area contributed by atoms with E-state index in [1.807, 2.05) is 74.5 Å². The molecular weight excluding hydrogens is 416 g/mol. The lowest BCUT2D eigenvalue weighted by Crippen LogP contribution is -2.62. The molecule has 6 nitrogen and oxygen atoms in total. The van der Waals surface area contributed by atoms with Crippen LogP contribution in [0.25, 0.3) is 0 Å². The highest BCUT2D eigenvalue weighted by molar-refractivity contribution is 7.79. The molecule has 2 aliphatic heterocycles. The van der Waals surface area contributed by atoms with E-state index in [2.05, 4.69) is 0 Å². The maximum absolute atomic E-state index is 6.32. The first-order valence-electron chi connectivity index (χ1n) is 10.5. The third-order valence-electron chi connectivity index (χ3n) is 5.82. The van der Waals surface area contributed by atoms with Crippen molar-refractivity contribution in [2.24, 2.45) is 0 Å². The molecule has 3 aliphatic rings. The van der Waals surface area contributed by atoms with Gasteiger partial charge in [-0.05, 0) is 25.0 Å². The molecule has 2 aromatic rings. The van der Waals surface area contributed by atoms with Crippen molar-refractivity contribution in [2.75, 3.05) is 0 Å². The van der Waals surface area contributed by atoms with E-state index in [0.717, 1.165) is 11.1 Å². The highest BCUT2D eigenvalue weighted by Crippen LogP contribution is 2.44. The van der Waals surface area contributed by atoms with Crippen LogP contribution in [0.4, 0.5) is 0 Å². The number of hydrogen-bond donors (Lipinski definition) is 0. The van der Waals surface area contributed by atoms with Crippen LogP contribution < -0.4 is 0 Å². The van der Waals surface area contributed by atoms with Gasteiger partial charge in [0.15, 0.2) is 18.0 Å². The molecule has 1 saturated carbocycles. The SMILES string of the molecule is CC1(C)O[C@@H]2[C@H](OCc3ccccc3)[C@H]3OC(=S)O[C@H]3[C@@H](OCc3ccccc3)[C@H]2O1. The molecule has 0 aromatic heterocycles. The molecule has 2 heterocycles. The van der Waals surface area contributed by atoms with Gasteiger partial charge in [-0.2, -0.15) is 0 Å². The quantitative estimate of drug-likeness (QED) is 0.632. The molecule has 0 radical (unpaired) electrons. The van der Waals surface area contributed by atoms with Crippen LogP contribution in [-0.4, -0.2) is 47.6 Å². The summed E-state index contributed by atoms with van der Waals surface area (Å²) in [7, 11) is 0. The Morgan fingerprint density at radius 3 is 1.55 bits per heavy atom. The first-order chi connectivity index (χ1) is 15.0. The second-order valence-electron chi connectivity index (χ2n) is 8.50. The van der Waals surface area contributed by atoms with Crippen LogP contribution in [0.2, 0.25) is 0 Å². The van der Waals surface area contributed by atoms with Gasteiger partial charge in [-0.1, -0.05) is 60.7 Å². The van der Waals surface area contributed by atoms with Gasteiger partial charge in [-0.15, -0.1) is 0 Å². The maximum Gasteiger partial charge on any atom is 0.353 e. The minimum atomic E-state index is -0.767. The maximum atomic E-state index is 6.32. The smallest absolute Gasteiger partial charge is 0.353 e. The van der Waals surface area contributed by atoms with Gasteiger partial charge in [0.05, 0.1) is 13.2 Å². The summed E-state index contributed by atoms with van der Waals surface area (Å²) in [5, 5.41) is 0.107. The van der Waals surface area contributed by atoms with E-state index in [1.54, 1.807) is 0 Å². The van der Waals surface area contributed by atoms with Crippen molar-refractivity contribution in [3.05, 3.63) is 71.8 Å². The lowest BCUT2D eigenvalue weighted by atomic mass is 9.84. The van der Waals surface area contributed by atoms with Crippen molar-refractivity contribution in [1.29, 1.82) is 0 Å². The molecule has 2 saturated heterocycles. The molecule has 0 spiro atoms. The Hall–Kier alpha value is -2.03. The summed E-state index contributed by atoms with van der Waals surface area (Å²) in [6, 6.07) is 20.0. The highest BCUT2D eigenvalue weighted by atomic mass is 32.1. The van der Waals surface area contributed by atoms with Crippen LogP contribution in [0.3, 0.4) is 0 Å². The first kappa shape index (κ1) is 20.8. The highest BCUT2D eigenvalue weighted by Gasteiger charge is 2.63. The molecule has 2 aromatic carbocycles. The molecule has 3 fully saturated rings. The minimum Gasteiger partial charge on any atom is -0.447 e. The second kappa shape index (κ2) is 8.48. The first-order valence-corrected chi connectivity index (χ1v) is 10.9. The van der Waals surface area contributed by atoms with E-state index in [9.17, 15) is 0 Å². The fourth-order valence-electron chi connectivity index (χ4n) is 4.50. The molecule has 31 heavy (non-hydrogen) atoms. The average molecular weight is 443 g/mol. The van der Waals surface area contributed by atoms with E-state index in [0.29, 0.717) is 13.2 Å². The molecule has 7 heteroatoms. The zero-order valence-corrected chi connectivity index (χ0v) is 18.3. The van der Waals surface area contributed by atoms with Crippen LogP contribution in [0.5, 0.6) is 0 Å². The van der Waals surface area contributed by atoms with Gasteiger partial charge in [-0.25, -0.2) is 0 Å². The Labute approximate surface area is 187 Å². The molecule has 0 amide bonds. The van der Waals surface area contributed by atoms with Crippen molar-refractivity contribution in [3.8, 4) is 0 Å². The van der Waals surface area contributed by atoms with E-state index in [1.165, 1.54) is 0 Å². The standard InChI is InChI=1S/C24H26O6S/c1-24(2)29-21-17(25-13-15-9-5-3-6-10-15)19-20(28-23(31)27-19)18(22(21)30-24)26-14-16-11-7-4-8-12-16/h3-12,17-22H,13-14H2,1-2H3/t17-,18-,19-,20+,21-,22-/m1/s1. The van der Waals surface area contributed by atoms with Gasteiger partial charge in [0.25, 0.3) is 0 Å². The predicted octanol–water partition coefficient (Wildman–Crippen LogP) is 3.76. The predicted molar refractivity (Wildman–Crippen MR) is 116 cm³/mol. The number of ether oxygens (including phenoxy) is 6. The summed E-state index contributed by atoms with van der Waals surface area (Å²) in [5.74, 6) is -0.767. The molecule has 6 atom stereocenters. The van der Waals surface area contributed by atoms with Gasteiger partial charge < -0.3 is 28.4 Å². The molecule has 0 N–H and O–H groups in total. The summed E-state index contributed by atoms with van der Waals surface area (Å²) in [6.45, 7) is 4.65. The third-order valence-corrected chi connectivity index (χ3v) is 6.01. The molecule has 1 aliphatic carbocycles. The monoisotopic (exact) mass is 442 g/mol. The largest absolute Gasteiger partial charge is 0.447 e. The van der Waals surface area contributed by atoms with E-state index < -0.39 is 30.2 Å². The van der Waals surface area contributed by atoms with Crippen LogP contribution in [-0.2, 0) is 41.6 Å². The Morgan fingerprint density at radius 2 is 1.13 bits per heavy atom. The third kappa shape index (κ3) is 4.33. The lowest BCUT2D eigenvalue weighted by molar-refractivity contribution is -0.191. The van der Waals surface area contributed by atoms with Gasteiger partial charge in [0.1, 0.15) is 24.4 Å². The summed E-state index contributed by atoms with van der Waals surface area (Å²) in [6.07, 6.45) is -2.43. The topological polar surface area (TPSA) is 55.4 Å². The Kier molecular flexibility index (Phi) is 5.71. The summed E-state index contributed by atoms with van der Waals surface area (Å²) >= 11 is 5.23. The molecule has 0 bridgehead atoms. The Morgan fingerprint density at radius 1 is 0.710 bits per heavy atom. The van der Waals surface area contributed by atoms with E-state index >= 15 is 0 Å². The van der Waals surface area contributed by atoms with Gasteiger partial charge in [0, 0.05) is 12.2 Å². The zero-order chi connectivity index (χ0) is 21.4. The van der Waals surface area contributed by atoms with Crippen molar-refractivity contribution in [2.45, 2.75) is 69.5 Å². The summed E-state index contributed by atoms with van der Waals surface area (Å²) < 4.78 is 37.0. The fraction of sp³-hybridized carbons (Fsp3) is 0.458. The number of rotatable bonds is 6. The van der Waals surface area contributed by atoms with Crippen LogP contribution in [0, 0.1) is 0 Å². The number of hydrogen-bond acceptors (Lipinski definition) is 7. The van der Waals surface area contributed by atoms with Gasteiger partial charge in [-0.3, -0.25) is 0 Å². The molecular formula is C24H26O6S. The van der Waals surface area contributed by atoms with Gasteiger partial charge in [0.2, 0.25) is 0 Å². The van der Waals surface area contributed by atoms with Gasteiger partial charge >= 0.3 is 5.24 Å². The number of fused-ring (bicyclic) bond motifs is 2. The van der Waals surface area contributed by atoms with Crippen molar-refractivity contribution in [3.63, 3.8) is 0 Å². The van der Waals surface area contributed by atoms with Crippen LogP contribution in [0.15, 0.2) is 60.7 Å². The lowest BCUT2D eigenvalue weighted by Gasteiger charge is -2.41. The molecule has 5 rings (SSSR count). The minimum absolute atomic E-state index is 0.107. The second-order valence-corrected chi connectivity index (χ2v) is 8.84. The zero-order valence-electron chi connectivity index (χ0n) is 17.5. The van der Waals surface area contributed by atoms with Crippen LogP contribution in [0.1, 0.15) is 25.0 Å². The Balaban J connectivity index is 1.39. The van der Waals surface area contributed by atoms with Crippen molar-refractivity contribution in [1.82, 2.24) is 0 Å². The number of thiocarbonyl (C=S) groups is 1. The van der Waals surface area contributed by atoms with Crippen LogP contribution >= 0.6 is 12.2 Å². The average Bonchev–Trinajstić information content (AvgIpc) is 3.30. The Bertz CT molecular complexity index is 833. The van der Waals surface area contributed by atoms with Crippen molar-refractivity contribution >= 4 is 17.5 Å².